The second kappa shape index (κ2) is 7.04. The molecule has 4 heterocycles. The van der Waals surface area contributed by atoms with Gasteiger partial charge in [-0.2, -0.15) is 0 Å². The summed E-state index contributed by atoms with van der Waals surface area (Å²) in [7, 11) is 0. The predicted molar refractivity (Wildman–Crippen MR) is 119 cm³/mol. The van der Waals surface area contributed by atoms with Crippen LogP contribution in [0.5, 0.6) is 0 Å². The summed E-state index contributed by atoms with van der Waals surface area (Å²) in [6.07, 6.45) is 3.42. The lowest BCUT2D eigenvalue weighted by atomic mass is 9.95. The minimum absolute atomic E-state index is 0.163. The Balaban J connectivity index is 1.50. The minimum atomic E-state index is -0.163. The third-order valence-electron chi connectivity index (χ3n) is 5.39. The zero-order chi connectivity index (χ0) is 20.0. The molecular weight excluding hydrogens is 380 g/mol. The number of nitrogens with zero attached hydrogens (tertiary/aromatic N) is 3. The number of hydrogen-bond acceptors (Lipinski definition) is 6. The molecule has 5 rings (SSSR count). The highest BCUT2D eigenvalue weighted by atomic mass is 32.1. The van der Waals surface area contributed by atoms with Crippen LogP contribution in [0.2, 0.25) is 0 Å². The molecule has 1 aliphatic rings. The van der Waals surface area contributed by atoms with Crippen molar-refractivity contribution in [3.05, 3.63) is 59.5 Å². The molecule has 148 valence electrons. The van der Waals surface area contributed by atoms with Gasteiger partial charge in [-0.3, -0.25) is 0 Å². The van der Waals surface area contributed by atoms with Gasteiger partial charge in [-0.25, -0.2) is 15.0 Å². The van der Waals surface area contributed by atoms with Gasteiger partial charge >= 0.3 is 0 Å². The fourth-order valence-electron chi connectivity index (χ4n) is 3.94. The molecule has 0 aliphatic carbocycles. The van der Waals surface area contributed by atoms with E-state index in [2.05, 4.69) is 66.4 Å². The quantitative estimate of drug-likeness (QED) is 0.511. The number of ether oxygens (including phenoxy) is 1. The predicted octanol–water partition coefficient (Wildman–Crippen LogP) is 5.13. The van der Waals surface area contributed by atoms with Crippen LogP contribution in [0, 0.1) is 0 Å². The molecule has 0 amide bonds. The van der Waals surface area contributed by atoms with Gasteiger partial charge in [0.05, 0.1) is 28.1 Å². The van der Waals surface area contributed by atoms with Crippen molar-refractivity contribution in [2.75, 3.05) is 5.32 Å². The Bertz CT molecular complexity index is 1190. The molecular formula is C23H24N4OS. The number of pyridine rings is 1. The smallest absolute Gasteiger partial charge is 0.147 e. The average Bonchev–Trinajstić information content (AvgIpc) is 3.05. The van der Waals surface area contributed by atoms with Gasteiger partial charge < -0.3 is 10.1 Å². The Labute approximate surface area is 174 Å². The van der Waals surface area contributed by atoms with Crippen LogP contribution in [0.15, 0.2) is 42.7 Å². The number of hydrogen-bond donors (Lipinski definition) is 1. The van der Waals surface area contributed by atoms with Crippen molar-refractivity contribution in [2.24, 2.45) is 0 Å². The zero-order valence-electron chi connectivity index (χ0n) is 16.9. The van der Waals surface area contributed by atoms with E-state index in [-0.39, 0.29) is 11.6 Å². The van der Waals surface area contributed by atoms with E-state index in [0.29, 0.717) is 6.61 Å². The van der Waals surface area contributed by atoms with Crippen molar-refractivity contribution in [3.63, 3.8) is 0 Å². The normalized spacial score (nSPS) is 16.7. The van der Waals surface area contributed by atoms with Crippen LogP contribution in [0.25, 0.3) is 20.4 Å². The average molecular weight is 405 g/mol. The summed E-state index contributed by atoms with van der Waals surface area (Å²) in [6, 6.07) is 13.0. The van der Waals surface area contributed by atoms with Crippen LogP contribution in [0.1, 0.15) is 37.6 Å². The number of benzene rings is 1. The van der Waals surface area contributed by atoms with Crippen LogP contribution in [0.3, 0.4) is 0 Å². The first kappa shape index (κ1) is 18.5. The van der Waals surface area contributed by atoms with E-state index >= 15 is 0 Å². The van der Waals surface area contributed by atoms with E-state index in [9.17, 15) is 0 Å². The van der Waals surface area contributed by atoms with Crippen molar-refractivity contribution in [1.29, 1.82) is 0 Å². The second-order valence-electron chi connectivity index (χ2n) is 8.41. The minimum Gasteiger partial charge on any atom is -0.370 e. The summed E-state index contributed by atoms with van der Waals surface area (Å²) >= 11 is 1.67. The van der Waals surface area contributed by atoms with E-state index in [1.165, 1.54) is 11.1 Å². The van der Waals surface area contributed by atoms with Gasteiger partial charge in [0.1, 0.15) is 17.0 Å². The number of nitrogens with one attached hydrogen (secondary N) is 1. The maximum Gasteiger partial charge on any atom is 0.147 e. The molecule has 1 atom stereocenters. The third kappa shape index (κ3) is 3.58. The molecule has 6 heteroatoms. The standard InChI is InChI=1S/C23H24N4OS/c1-14(9-15-7-5-4-6-8-15)26-21-20-19(24-13-25-21)17-10-16-12-28-23(2,3)11-18(16)27-22(17)29-20/h4-8,10,13-14H,9,11-12H2,1-3H3,(H,24,25,26)/t14-/m1/s1. The second-order valence-corrected chi connectivity index (χ2v) is 9.41. The zero-order valence-corrected chi connectivity index (χ0v) is 17.7. The molecule has 4 aromatic rings. The first-order valence-corrected chi connectivity index (χ1v) is 10.8. The number of thiophene rings is 1. The van der Waals surface area contributed by atoms with Crippen molar-refractivity contribution in [1.82, 2.24) is 15.0 Å². The van der Waals surface area contributed by atoms with Gasteiger partial charge in [0.15, 0.2) is 0 Å². The Kier molecular flexibility index (Phi) is 4.48. The van der Waals surface area contributed by atoms with Gasteiger partial charge in [-0.15, -0.1) is 11.3 Å². The van der Waals surface area contributed by atoms with Crippen molar-refractivity contribution in [3.8, 4) is 0 Å². The molecule has 29 heavy (non-hydrogen) atoms. The largest absolute Gasteiger partial charge is 0.370 e. The molecule has 0 spiro atoms. The Hall–Kier alpha value is -2.57. The molecule has 1 aliphatic heterocycles. The molecule has 0 saturated heterocycles. The number of fused-ring (bicyclic) bond motifs is 4. The molecule has 1 N–H and O–H groups in total. The lowest BCUT2D eigenvalue weighted by Gasteiger charge is -2.30. The maximum absolute atomic E-state index is 5.98. The fourth-order valence-corrected chi connectivity index (χ4v) is 5.02. The van der Waals surface area contributed by atoms with E-state index in [0.717, 1.165) is 44.8 Å². The highest BCUT2D eigenvalue weighted by Gasteiger charge is 2.28. The lowest BCUT2D eigenvalue weighted by Crippen LogP contribution is -2.32. The number of rotatable bonds is 4. The van der Waals surface area contributed by atoms with Crippen LogP contribution < -0.4 is 5.32 Å². The summed E-state index contributed by atoms with van der Waals surface area (Å²) in [6.45, 7) is 7.03. The van der Waals surface area contributed by atoms with Gasteiger partial charge in [0.25, 0.3) is 0 Å². The van der Waals surface area contributed by atoms with Crippen molar-refractivity contribution < 1.29 is 4.74 Å². The maximum atomic E-state index is 5.98. The summed E-state index contributed by atoms with van der Waals surface area (Å²) in [5.41, 5.74) is 4.42. The topological polar surface area (TPSA) is 59.9 Å². The molecule has 0 bridgehead atoms. The monoisotopic (exact) mass is 404 g/mol. The molecule has 0 radical (unpaired) electrons. The summed E-state index contributed by atoms with van der Waals surface area (Å²) in [4.78, 5) is 15.1. The van der Waals surface area contributed by atoms with E-state index in [1.54, 1.807) is 17.7 Å². The van der Waals surface area contributed by atoms with E-state index in [4.69, 9.17) is 9.72 Å². The summed E-state index contributed by atoms with van der Waals surface area (Å²) < 4.78 is 7.05. The van der Waals surface area contributed by atoms with Gasteiger partial charge in [-0.05, 0) is 38.8 Å². The van der Waals surface area contributed by atoms with Crippen LogP contribution in [0.4, 0.5) is 5.82 Å². The number of aromatic nitrogens is 3. The molecule has 5 nitrogen and oxygen atoms in total. The first-order chi connectivity index (χ1) is 14.0. The van der Waals surface area contributed by atoms with Crippen molar-refractivity contribution in [2.45, 2.75) is 51.9 Å². The Morgan fingerprint density at radius 2 is 2.03 bits per heavy atom. The lowest BCUT2D eigenvalue weighted by molar-refractivity contribution is -0.0411. The first-order valence-electron chi connectivity index (χ1n) is 9.99. The summed E-state index contributed by atoms with van der Waals surface area (Å²) in [5, 5.41) is 4.67. The molecule has 0 unspecified atom stereocenters. The summed E-state index contributed by atoms with van der Waals surface area (Å²) in [5.74, 6) is 0.885. The van der Waals surface area contributed by atoms with E-state index < -0.39 is 0 Å². The number of anilines is 1. The molecule has 3 aromatic heterocycles. The van der Waals surface area contributed by atoms with Gasteiger partial charge in [-0.1, -0.05) is 30.3 Å². The van der Waals surface area contributed by atoms with E-state index in [1.807, 2.05) is 6.07 Å². The molecule has 0 fully saturated rings. The van der Waals surface area contributed by atoms with Gasteiger partial charge in [0, 0.05) is 23.4 Å². The SMILES string of the molecule is C[C@H](Cc1ccccc1)Nc1ncnc2c1sc1nc3c(cc12)COC(C)(C)C3. The highest BCUT2D eigenvalue weighted by Crippen LogP contribution is 2.38. The van der Waals surface area contributed by atoms with Crippen LogP contribution >= 0.6 is 11.3 Å². The van der Waals surface area contributed by atoms with Gasteiger partial charge in [0.2, 0.25) is 0 Å². The van der Waals surface area contributed by atoms with Crippen LogP contribution in [-0.4, -0.2) is 26.6 Å². The van der Waals surface area contributed by atoms with Crippen molar-refractivity contribution >= 4 is 37.6 Å². The third-order valence-corrected chi connectivity index (χ3v) is 6.49. The highest BCUT2D eigenvalue weighted by molar-refractivity contribution is 7.25. The molecule has 0 saturated carbocycles. The Morgan fingerprint density at radius 3 is 2.86 bits per heavy atom. The van der Waals surface area contributed by atoms with Crippen LogP contribution in [-0.2, 0) is 24.2 Å². The fraction of sp³-hybridized carbons (Fsp3) is 0.348. The molecule has 1 aromatic carbocycles. The Morgan fingerprint density at radius 1 is 1.21 bits per heavy atom.